The van der Waals surface area contributed by atoms with Gasteiger partial charge >= 0.3 is 0 Å². The van der Waals surface area contributed by atoms with E-state index in [0.717, 1.165) is 36.8 Å². The van der Waals surface area contributed by atoms with Crippen LogP contribution < -0.4 is 9.47 Å². The average Bonchev–Trinajstić information content (AvgIpc) is 3.30. The van der Waals surface area contributed by atoms with Crippen molar-refractivity contribution in [1.29, 1.82) is 0 Å². The smallest absolute Gasteiger partial charge is 0.223 e. The second-order valence-electron chi connectivity index (χ2n) is 8.20. The van der Waals surface area contributed by atoms with E-state index in [1.54, 1.807) is 25.6 Å². The van der Waals surface area contributed by atoms with Crippen LogP contribution in [0.5, 0.6) is 11.5 Å². The van der Waals surface area contributed by atoms with E-state index >= 15 is 0 Å². The molecule has 2 heterocycles. The fourth-order valence-electron chi connectivity index (χ4n) is 4.92. The lowest BCUT2D eigenvalue weighted by molar-refractivity contribution is -0.133. The van der Waals surface area contributed by atoms with Gasteiger partial charge in [-0.2, -0.15) is 0 Å². The zero-order valence-corrected chi connectivity index (χ0v) is 18.3. The Morgan fingerprint density at radius 1 is 1.14 bits per heavy atom. The number of fused-ring (bicyclic) bond motifs is 1. The molecule has 1 unspecified atom stereocenters. The number of carbonyl (C=O) groups excluding carboxylic acids is 1. The van der Waals surface area contributed by atoms with Gasteiger partial charge < -0.3 is 14.4 Å². The predicted molar refractivity (Wildman–Crippen MR) is 117 cm³/mol. The molecular weight excluding hydrogens is 382 g/mol. The molecule has 2 aromatic rings. The van der Waals surface area contributed by atoms with E-state index in [4.69, 9.17) is 9.47 Å². The van der Waals surface area contributed by atoms with E-state index in [2.05, 4.69) is 34.5 Å². The molecule has 4 rings (SSSR count). The van der Waals surface area contributed by atoms with Crippen LogP contribution in [0.25, 0.3) is 0 Å². The molecular formula is C24H31NO3S. The Labute approximate surface area is 177 Å². The van der Waals surface area contributed by atoms with Crippen LogP contribution in [0.3, 0.4) is 0 Å². The highest BCUT2D eigenvalue weighted by Gasteiger charge is 2.34. The molecule has 0 spiro atoms. The Morgan fingerprint density at radius 3 is 2.59 bits per heavy atom. The van der Waals surface area contributed by atoms with Crippen molar-refractivity contribution >= 4 is 17.2 Å². The van der Waals surface area contributed by atoms with Crippen molar-refractivity contribution in [1.82, 2.24) is 4.90 Å². The van der Waals surface area contributed by atoms with Gasteiger partial charge in [-0.1, -0.05) is 38.2 Å². The number of methoxy groups -OCH3 is 2. The number of benzene rings is 1. The summed E-state index contributed by atoms with van der Waals surface area (Å²) >= 11 is 1.72. The lowest BCUT2D eigenvalue weighted by atomic mass is 9.85. The molecule has 156 valence electrons. The van der Waals surface area contributed by atoms with Gasteiger partial charge in [0.1, 0.15) is 0 Å². The van der Waals surface area contributed by atoms with E-state index in [-0.39, 0.29) is 11.9 Å². The highest BCUT2D eigenvalue weighted by atomic mass is 32.1. The Morgan fingerprint density at radius 2 is 1.90 bits per heavy atom. The number of hydrogen-bond donors (Lipinski definition) is 0. The summed E-state index contributed by atoms with van der Waals surface area (Å²) in [4.78, 5) is 16.6. The van der Waals surface area contributed by atoms with Gasteiger partial charge in [-0.05, 0) is 53.5 Å². The summed E-state index contributed by atoms with van der Waals surface area (Å²) in [6.07, 6.45) is 9.15. The monoisotopic (exact) mass is 413 g/mol. The molecule has 29 heavy (non-hydrogen) atoms. The molecule has 1 aliphatic carbocycles. The maximum atomic E-state index is 13.3. The van der Waals surface area contributed by atoms with Crippen LogP contribution in [-0.2, 0) is 11.2 Å². The fraction of sp³-hybridized carbons (Fsp3) is 0.542. The maximum absolute atomic E-state index is 13.3. The lowest BCUT2D eigenvalue weighted by Gasteiger charge is -2.38. The molecule has 1 saturated carbocycles. The van der Waals surface area contributed by atoms with E-state index in [0.29, 0.717) is 6.42 Å². The largest absolute Gasteiger partial charge is 0.493 e. The molecule has 2 aliphatic rings. The van der Waals surface area contributed by atoms with E-state index in [1.807, 2.05) is 0 Å². The molecule has 1 fully saturated rings. The Bertz CT molecular complexity index is 827. The van der Waals surface area contributed by atoms with E-state index in [1.165, 1.54) is 48.1 Å². The summed E-state index contributed by atoms with van der Waals surface area (Å²) in [5.41, 5.74) is 2.42. The van der Waals surface area contributed by atoms with Gasteiger partial charge in [0.15, 0.2) is 11.5 Å². The zero-order valence-electron chi connectivity index (χ0n) is 17.5. The quantitative estimate of drug-likeness (QED) is 0.619. The molecule has 1 aromatic carbocycles. The first kappa shape index (κ1) is 20.3. The van der Waals surface area contributed by atoms with E-state index < -0.39 is 0 Å². The van der Waals surface area contributed by atoms with Crippen LogP contribution in [0.15, 0.2) is 29.6 Å². The van der Waals surface area contributed by atoms with Gasteiger partial charge in [-0.15, -0.1) is 11.3 Å². The molecule has 0 saturated heterocycles. The number of nitrogens with zero attached hydrogens (tertiary/aromatic N) is 1. The number of ether oxygens (including phenoxy) is 2. The summed E-state index contributed by atoms with van der Waals surface area (Å²) < 4.78 is 11.1. The SMILES string of the molecule is COc1cc2c(cc1OC)C(c1cccs1)N(C(=O)CCC1CCCCC1)CC2. The third-order valence-corrected chi connectivity index (χ3v) is 7.42. The molecule has 0 radical (unpaired) electrons. The molecule has 4 nitrogen and oxygen atoms in total. The lowest BCUT2D eigenvalue weighted by Crippen LogP contribution is -2.40. The minimum atomic E-state index is -0.0302. The van der Waals surface area contributed by atoms with Crippen molar-refractivity contribution < 1.29 is 14.3 Å². The highest BCUT2D eigenvalue weighted by molar-refractivity contribution is 7.10. The van der Waals surface area contributed by atoms with Gasteiger partial charge in [0.2, 0.25) is 5.91 Å². The highest BCUT2D eigenvalue weighted by Crippen LogP contribution is 2.42. The number of hydrogen-bond acceptors (Lipinski definition) is 4. The summed E-state index contributed by atoms with van der Waals surface area (Å²) in [5, 5.41) is 2.09. The second-order valence-corrected chi connectivity index (χ2v) is 9.18. The topological polar surface area (TPSA) is 38.8 Å². The summed E-state index contributed by atoms with van der Waals surface area (Å²) in [7, 11) is 3.34. The standard InChI is InChI=1S/C24H31NO3S/c1-27-20-15-18-12-13-25(23(26)11-10-17-7-4-3-5-8-17)24(22-9-6-14-29-22)19(18)16-21(20)28-2/h6,9,14-17,24H,3-5,7-8,10-13H2,1-2H3. The van der Waals surface area contributed by atoms with Crippen LogP contribution in [0, 0.1) is 5.92 Å². The third kappa shape index (κ3) is 4.30. The molecule has 0 bridgehead atoms. The van der Waals surface area contributed by atoms with Crippen LogP contribution in [-0.4, -0.2) is 31.6 Å². The first-order valence-corrected chi connectivity index (χ1v) is 11.7. The first-order valence-electron chi connectivity index (χ1n) is 10.8. The first-order chi connectivity index (χ1) is 14.2. The second kappa shape index (κ2) is 9.21. The van der Waals surface area contributed by atoms with Crippen LogP contribution in [0.4, 0.5) is 0 Å². The summed E-state index contributed by atoms with van der Waals surface area (Å²) in [5.74, 6) is 2.50. The average molecular weight is 414 g/mol. The minimum Gasteiger partial charge on any atom is -0.493 e. The van der Waals surface area contributed by atoms with Gasteiger partial charge in [-0.25, -0.2) is 0 Å². The van der Waals surface area contributed by atoms with Crippen molar-refractivity contribution in [2.75, 3.05) is 20.8 Å². The van der Waals surface area contributed by atoms with Gasteiger partial charge in [0.05, 0.1) is 20.3 Å². The Kier molecular flexibility index (Phi) is 6.43. The molecule has 0 N–H and O–H groups in total. The van der Waals surface area contributed by atoms with E-state index in [9.17, 15) is 4.79 Å². The predicted octanol–water partition coefficient (Wildman–Crippen LogP) is 5.60. The van der Waals surface area contributed by atoms with Crippen molar-refractivity contribution in [3.05, 3.63) is 45.6 Å². The molecule has 1 aromatic heterocycles. The van der Waals surface area contributed by atoms with Crippen LogP contribution >= 0.6 is 11.3 Å². The normalized spacial score (nSPS) is 19.7. The Balaban J connectivity index is 1.60. The number of amides is 1. The molecule has 5 heteroatoms. The Hall–Kier alpha value is -2.01. The summed E-state index contributed by atoms with van der Waals surface area (Å²) in [6.45, 7) is 0.758. The van der Waals surface area contributed by atoms with Crippen LogP contribution in [0.1, 0.15) is 67.0 Å². The number of carbonyl (C=O) groups is 1. The van der Waals surface area contributed by atoms with Gasteiger partial charge in [0.25, 0.3) is 0 Å². The number of thiophene rings is 1. The minimum absolute atomic E-state index is 0.0302. The van der Waals surface area contributed by atoms with Crippen molar-refractivity contribution in [3.63, 3.8) is 0 Å². The van der Waals surface area contributed by atoms with Crippen molar-refractivity contribution in [2.45, 2.75) is 57.4 Å². The number of rotatable bonds is 6. The maximum Gasteiger partial charge on any atom is 0.223 e. The van der Waals surface area contributed by atoms with Crippen molar-refractivity contribution in [3.8, 4) is 11.5 Å². The van der Waals surface area contributed by atoms with Gasteiger partial charge in [0, 0.05) is 17.8 Å². The zero-order chi connectivity index (χ0) is 20.2. The summed E-state index contributed by atoms with van der Waals surface area (Å²) in [6, 6.07) is 8.33. The van der Waals surface area contributed by atoms with Crippen LogP contribution in [0.2, 0.25) is 0 Å². The molecule has 1 amide bonds. The fourth-order valence-corrected chi connectivity index (χ4v) is 5.77. The molecule has 1 aliphatic heterocycles. The van der Waals surface area contributed by atoms with Gasteiger partial charge in [-0.3, -0.25) is 4.79 Å². The molecule has 1 atom stereocenters. The third-order valence-electron chi connectivity index (χ3n) is 6.50. The van der Waals surface area contributed by atoms with Crippen molar-refractivity contribution in [2.24, 2.45) is 5.92 Å².